The number of aromatic nitrogens is 3. The van der Waals surface area contributed by atoms with Gasteiger partial charge in [0.2, 0.25) is 5.88 Å². The van der Waals surface area contributed by atoms with Crippen molar-refractivity contribution in [3.05, 3.63) is 89.1 Å². The Morgan fingerprint density at radius 3 is 2.69 bits per heavy atom. The van der Waals surface area contributed by atoms with Crippen molar-refractivity contribution < 1.29 is 13.9 Å². The van der Waals surface area contributed by atoms with Crippen molar-refractivity contribution in [2.45, 2.75) is 57.4 Å². The number of pyridine rings is 1. The highest BCUT2D eigenvalue weighted by atomic mass is 19.1. The first-order valence-electron chi connectivity index (χ1n) is 13.7. The highest BCUT2D eigenvalue weighted by Gasteiger charge is 2.25. The van der Waals surface area contributed by atoms with Gasteiger partial charge in [0.25, 0.3) is 0 Å². The molecule has 200 valence electrons. The van der Waals surface area contributed by atoms with Gasteiger partial charge >= 0.3 is 0 Å². The zero-order chi connectivity index (χ0) is 26.6. The van der Waals surface area contributed by atoms with Crippen molar-refractivity contribution in [1.29, 1.82) is 5.26 Å². The molecule has 0 aliphatic carbocycles. The fourth-order valence-corrected chi connectivity index (χ4v) is 5.65. The monoisotopic (exact) mass is 525 g/mol. The minimum atomic E-state index is -0.443. The van der Waals surface area contributed by atoms with E-state index in [0.29, 0.717) is 22.9 Å². The van der Waals surface area contributed by atoms with Gasteiger partial charge in [-0.1, -0.05) is 24.3 Å². The number of hydrogen-bond donors (Lipinski definition) is 0. The molecule has 0 spiro atoms. The maximum absolute atomic E-state index is 14.2. The fraction of sp³-hybridized carbons (Fsp3) is 0.387. The van der Waals surface area contributed by atoms with Crippen LogP contribution in [0.2, 0.25) is 0 Å². The van der Waals surface area contributed by atoms with Gasteiger partial charge in [-0.15, -0.1) is 0 Å². The smallest absolute Gasteiger partial charge is 0.213 e. The number of benzene rings is 2. The van der Waals surface area contributed by atoms with Crippen LogP contribution >= 0.6 is 0 Å². The van der Waals surface area contributed by atoms with Crippen LogP contribution in [0.3, 0.4) is 0 Å². The molecular weight excluding hydrogens is 493 g/mol. The average Bonchev–Trinajstić information content (AvgIpc) is 3.61. The summed E-state index contributed by atoms with van der Waals surface area (Å²) in [4.78, 5) is 12.2. The molecule has 2 saturated heterocycles. The van der Waals surface area contributed by atoms with Gasteiger partial charge in [-0.3, -0.25) is 4.90 Å². The lowest BCUT2D eigenvalue weighted by Crippen LogP contribution is -2.34. The number of piperidine rings is 1. The molecule has 0 amide bonds. The van der Waals surface area contributed by atoms with Crippen LogP contribution in [0.5, 0.6) is 5.88 Å². The summed E-state index contributed by atoms with van der Waals surface area (Å²) < 4.78 is 28.3. The lowest BCUT2D eigenvalue weighted by molar-refractivity contribution is 0.0960. The summed E-state index contributed by atoms with van der Waals surface area (Å²) in [6, 6.07) is 20.5. The Bertz CT molecular complexity index is 1480. The third-order valence-corrected chi connectivity index (χ3v) is 7.82. The topological polar surface area (TPSA) is 76.2 Å². The molecule has 0 radical (unpaired) electrons. The SMILES string of the molecule is N#Cc1ccc(COc2cccc(C3CCN(Cc4nc5ccccc5n4C[C@@H]4CCCO4)CC3)n2)c(F)c1. The lowest BCUT2D eigenvalue weighted by Gasteiger charge is -2.31. The maximum Gasteiger partial charge on any atom is 0.213 e. The first-order chi connectivity index (χ1) is 19.2. The predicted molar refractivity (Wildman–Crippen MR) is 146 cm³/mol. The van der Waals surface area contributed by atoms with Gasteiger partial charge < -0.3 is 14.0 Å². The third-order valence-electron chi connectivity index (χ3n) is 7.82. The van der Waals surface area contributed by atoms with Gasteiger partial charge in [0.1, 0.15) is 18.2 Å². The molecule has 2 fully saturated rings. The number of likely N-dealkylation sites (tertiary alicyclic amines) is 1. The van der Waals surface area contributed by atoms with Crippen molar-refractivity contribution in [1.82, 2.24) is 19.4 Å². The Balaban J connectivity index is 1.08. The summed E-state index contributed by atoms with van der Waals surface area (Å²) in [5, 5.41) is 8.93. The highest BCUT2D eigenvalue weighted by Crippen LogP contribution is 2.29. The van der Waals surface area contributed by atoms with Crippen LogP contribution in [0.1, 0.15) is 54.2 Å². The lowest BCUT2D eigenvalue weighted by atomic mass is 9.93. The van der Waals surface area contributed by atoms with Crippen LogP contribution in [0, 0.1) is 17.1 Å². The summed E-state index contributed by atoms with van der Waals surface area (Å²) in [5.74, 6) is 1.50. The molecule has 2 aliphatic rings. The molecule has 39 heavy (non-hydrogen) atoms. The maximum atomic E-state index is 14.2. The van der Waals surface area contributed by atoms with E-state index >= 15 is 0 Å². The Morgan fingerprint density at radius 2 is 1.90 bits per heavy atom. The van der Waals surface area contributed by atoms with E-state index in [2.05, 4.69) is 33.7 Å². The van der Waals surface area contributed by atoms with Crippen LogP contribution in [-0.4, -0.2) is 45.2 Å². The van der Waals surface area contributed by atoms with Crippen molar-refractivity contribution in [3.8, 4) is 11.9 Å². The first-order valence-corrected chi connectivity index (χ1v) is 13.7. The zero-order valence-electron chi connectivity index (χ0n) is 21.9. The molecule has 0 bridgehead atoms. The van der Waals surface area contributed by atoms with Crippen molar-refractivity contribution in [2.24, 2.45) is 0 Å². The molecule has 8 heteroatoms. The molecule has 2 aromatic heterocycles. The summed E-state index contributed by atoms with van der Waals surface area (Å²) in [5.41, 5.74) is 3.93. The summed E-state index contributed by atoms with van der Waals surface area (Å²) in [6.45, 7) is 4.54. The summed E-state index contributed by atoms with van der Waals surface area (Å²) in [6.07, 6.45) is 4.52. The fourth-order valence-electron chi connectivity index (χ4n) is 5.65. The van der Waals surface area contributed by atoms with Gasteiger partial charge in [-0.2, -0.15) is 5.26 Å². The largest absolute Gasteiger partial charge is 0.473 e. The Kier molecular flexibility index (Phi) is 7.53. The van der Waals surface area contributed by atoms with Gasteiger partial charge in [0, 0.05) is 29.8 Å². The van der Waals surface area contributed by atoms with Crippen molar-refractivity contribution >= 4 is 11.0 Å². The van der Waals surface area contributed by atoms with Gasteiger partial charge in [-0.25, -0.2) is 14.4 Å². The van der Waals surface area contributed by atoms with Crippen LogP contribution in [0.25, 0.3) is 11.0 Å². The second-order valence-corrected chi connectivity index (χ2v) is 10.4. The molecule has 4 aromatic rings. The molecule has 1 atom stereocenters. The van der Waals surface area contributed by atoms with E-state index in [-0.39, 0.29) is 12.7 Å². The summed E-state index contributed by atoms with van der Waals surface area (Å²) >= 11 is 0. The van der Waals surface area contributed by atoms with Crippen molar-refractivity contribution in [2.75, 3.05) is 19.7 Å². The van der Waals surface area contributed by atoms with E-state index in [0.717, 1.165) is 75.5 Å². The van der Waals surface area contributed by atoms with E-state index in [9.17, 15) is 4.39 Å². The predicted octanol–water partition coefficient (Wildman–Crippen LogP) is 5.58. The molecular formula is C31H32FN5O2. The standard InChI is InChI=1S/C31H32FN5O2/c32-26-17-22(18-33)10-11-24(26)21-39-31-9-3-7-27(35-31)23-12-14-36(15-13-23)20-30-34-28-6-1-2-8-29(28)37(30)19-25-5-4-16-38-25/h1-3,6-11,17,23,25H,4-5,12-16,19-21H2/t25-/m0/s1. The number of halogens is 1. The van der Waals surface area contributed by atoms with Crippen LogP contribution in [-0.2, 0) is 24.4 Å². The van der Waals surface area contributed by atoms with Crippen molar-refractivity contribution in [3.63, 3.8) is 0 Å². The number of rotatable bonds is 8. The molecule has 0 saturated carbocycles. The molecule has 2 aliphatic heterocycles. The number of fused-ring (bicyclic) bond motifs is 1. The number of para-hydroxylation sites is 2. The Morgan fingerprint density at radius 1 is 1.03 bits per heavy atom. The number of nitrogens with zero attached hydrogens (tertiary/aromatic N) is 5. The second kappa shape index (κ2) is 11.5. The second-order valence-electron chi connectivity index (χ2n) is 10.4. The highest BCUT2D eigenvalue weighted by molar-refractivity contribution is 5.75. The van der Waals surface area contributed by atoms with Crippen LogP contribution in [0.15, 0.2) is 60.7 Å². The van der Waals surface area contributed by atoms with E-state index in [1.807, 2.05) is 18.2 Å². The first kappa shape index (κ1) is 25.5. The van der Waals surface area contributed by atoms with Crippen LogP contribution < -0.4 is 4.74 Å². The zero-order valence-corrected chi connectivity index (χ0v) is 21.9. The molecule has 0 N–H and O–H groups in total. The molecule has 6 rings (SSSR count). The molecule has 4 heterocycles. The number of nitriles is 1. The van der Waals surface area contributed by atoms with E-state index in [4.69, 9.17) is 24.7 Å². The average molecular weight is 526 g/mol. The van der Waals surface area contributed by atoms with E-state index < -0.39 is 5.82 Å². The van der Waals surface area contributed by atoms with Gasteiger partial charge in [-0.05, 0) is 69.1 Å². The number of ether oxygens (including phenoxy) is 2. The quantitative estimate of drug-likeness (QED) is 0.299. The summed E-state index contributed by atoms with van der Waals surface area (Å²) in [7, 11) is 0. The van der Waals surface area contributed by atoms with Gasteiger partial charge in [0.15, 0.2) is 0 Å². The number of hydrogen-bond acceptors (Lipinski definition) is 6. The molecule has 2 aromatic carbocycles. The minimum absolute atomic E-state index is 0.0688. The van der Waals surface area contributed by atoms with Gasteiger partial charge in [0.05, 0.1) is 41.9 Å². The minimum Gasteiger partial charge on any atom is -0.473 e. The Hall–Kier alpha value is -3.80. The van der Waals surface area contributed by atoms with Crippen LogP contribution in [0.4, 0.5) is 4.39 Å². The normalized spacial score (nSPS) is 18.4. The van der Waals surface area contributed by atoms with E-state index in [1.165, 1.54) is 11.6 Å². The Labute approximate surface area is 227 Å². The van der Waals surface area contributed by atoms with E-state index in [1.54, 1.807) is 18.2 Å². The third kappa shape index (κ3) is 5.80. The molecule has 0 unspecified atom stereocenters. The number of imidazole rings is 1. The molecule has 7 nitrogen and oxygen atoms in total.